The van der Waals surface area contributed by atoms with E-state index in [1.54, 1.807) is 24.3 Å². The van der Waals surface area contributed by atoms with E-state index < -0.39 is 48.4 Å². The number of aliphatic hydroxyl groups excluding tert-OH is 2. The van der Waals surface area contributed by atoms with Gasteiger partial charge in [0.25, 0.3) is 0 Å². The van der Waals surface area contributed by atoms with E-state index in [0.717, 1.165) is 31.4 Å². The van der Waals surface area contributed by atoms with Gasteiger partial charge in [-0.3, -0.25) is 14.5 Å². The molecule has 3 aliphatic carbocycles. The van der Waals surface area contributed by atoms with Gasteiger partial charge in [-0.05, 0) is 62.5 Å². The van der Waals surface area contributed by atoms with Gasteiger partial charge in [-0.2, -0.15) is 0 Å². The zero-order valence-corrected chi connectivity index (χ0v) is 37.5. The molecular weight excluding hydrogens is 757 g/mol. The molecule has 4 rings (SSSR count). The monoisotopic (exact) mass is 819 g/mol. The molecule has 1 saturated carbocycles. The topological polar surface area (TPSA) is 146 Å². The molecule has 2 N–H and O–H groups in total. The summed E-state index contributed by atoms with van der Waals surface area (Å²) in [5, 5.41) is 35.1. The second kappa shape index (κ2) is 24.8. The number of carbonyl (C=O) groups is 3. The van der Waals surface area contributed by atoms with Crippen LogP contribution in [0.5, 0.6) is 0 Å². The summed E-state index contributed by atoms with van der Waals surface area (Å²) in [6.45, 7) is 9.64. The molecule has 0 aromatic heterocycles. The van der Waals surface area contributed by atoms with Crippen molar-refractivity contribution in [1.82, 2.24) is 4.90 Å². The Morgan fingerprint density at radius 2 is 1.82 bits per heavy atom. The fourth-order valence-electron chi connectivity index (χ4n) is 8.51. The Bertz CT molecular complexity index is 1540. The van der Waals surface area contributed by atoms with E-state index in [9.17, 15) is 29.7 Å². The summed E-state index contributed by atoms with van der Waals surface area (Å²) >= 11 is 5.88. The molecule has 12 heteroatoms. The zero-order valence-electron chi connectivity index (χ0n) is 34.7. The van der Waals surface area contributed by atoms with Crippen molar-refractivity contribution in [2.75, 3.05) is 32.1 Å². The fraction of sp³-hybridized carbons (Fsp3) is 0.667. The summed E-state index contributed by atoms with van der Waals surface area (Å²) in [7, 11) is 0. The maximum absolute atomic E-state index is 14.2. The molecule has 9 atom stereocenters. The van der Waals surface area contributed by atoms with E-state index in [0.29, 0.717) is 63.1 Å². The van der Waals surface area contributed by atoms with Crippen molar-refractivity contribution in [3.63, 3.8) is 0 Å². The quantitative estimate of drug-likeness (QED) is 0.0703. The summed E-state index contributed by atoms with van der Waals surface area (Å²) in [6, 6.07) is 8.90. The summed E-state index contributed by atoms with van der Waals surface area (Å²) < 4.78 is 17.9. The number of carbonyl (C=O) groups excluding carboxylic acids is 3. The third-order valence-corrected chi connectivity index (χ3v) is 12.1. The molecule has 0 spiro atoms. The van der Waals surface area contributed by atoms with E-state index in [4.69, 9.17) is 25.8 Å². The number of ether oxygens (including phenoxy) is 3. The number of rotatable bonds is 19. The third-order valence-electron chi connectivity index (χ3n) is 11.9. The summed E-state index contributed by atoms with van der Waals surface area (Å²) in [5.41, 5.74) is -0.332. The maximum Gasteiger partial charge on any atom is 1.00 e. The molecule has 1 fully saturated rings. The average Bonchev–Trinajstić information content (AvgIpc) is 3.19. The molecule has 0 heterocycles. The Kier molecular flexibility index (Phi) is 21.4. The van der Waals surface area contributed by atoms with E-state index in [-0.39, 0.29) is 78.1 Å². The van der Waals surface area contributed by atoms with Crippen molar-refractivity contribution in [1.29, 1.82) is 0 Å². The fourth-order valence-corrected chi connectivity index (χ4v) is 8.75. The van der Waals surface area contributed by atoms with Crippen molar-refractivity contribution < 1.29 is 73.5 Å². The Morgan fingerprint density at radius 3 is 2.49 bits per heavy atom. The molecule has 0 saturated heterocycles. The number of alkyl halides is 1. The SMILES string of the molecule is CC[C@H](C)C(=O)O[C@H]1C[C@H](O)C=C2C=C[C@H](C)[C@H](CC[C@@H](O)C[C@@H]([O-])CC(=O)OC(C(=O)OCC#CCN(CC)CCCl)(c3ccccc3)C3CCCCC3)[C@H]21.[Na+]. The van der Waals surface area contributed by atoms with Crippen molar-refractivity contribution in [2.24, 2.45) is 29.6 Å². The molecule has 0 amide bonds. The van der Waals surface area contributed by atoms with Crippen LogP contribution in [0.1, 0.15) is 104 Å². The predicted molar refractivity (Wildman–Crippen MR) is 214 cm³/mol. The number of hydrogen-bond acceptors (Lipinski definition) is 10. The van der Waals surface area contributed by atoms with Crippen LogP contribution >= 0.6 is 11.6 Å². The van der Waals surface area contributed by atoms with Crippen molar-refractivity contribution in [3.05, 3.63) is 59.7 Å². The molecule has 3 aliphatic rings. The van der Waals surface area contributed by atoms with Gasteiger partial charge in [0, 0.05) is 42.7 Å². The van der Waals surface area contributed by atoms with E-state index >= 15 is 0 Å². The summed E-state index contributed by atoms with van der Waals surface area (Å²) in [4.78, 5) is 42.8. The molecular formula is C45H63ClNNaO9. The maximum atomic E-state index is 14.2. The van der Waals surface area contributed by atoms with Crippen LogP contribution in [0.3, 0.4) is 0 Å². The Hall–Kier alpha value is -2.20. The van der Waals surface area contributed by atoms with Crippen LogP contribution in [0.4, 0.5) is 0 Å². The predicted octanol–water partition coefficient (Wildman–Crippen LogP) is 2.85. The van der Waals surface area contributed by atoms with E-state index in [1.807, 2.05) is 39.0 Å². The Morgan fingerprint density at radius 1 is 1.11 bits per heavy atom. The molecule has 0 radical (unpaired) electrons. The smallest absolute Gasteiger partial charge is 0.851 e. The molecule has 10 nitrogen and oxygen atoms in total. The number of allylic oxidation sites excluding steroid dienone is 2. The van der Waals surface area contributed by atoms with Gasteiger partial charge in [0.15, 0.2) is 6.61 Å². The number of halogens is 1. The summed E-state index contributed by atoms with van der Waals surface area (Å²) in [6.07, 6.45) is 7.35. The first-order valence-electron chi connectivity index (χ1n) is 20.7. The molecule has 310 valence electrons. The molecule has 0 bridgehead atoms. The molecule has 57 heavy (non-hydrogen) atoms. The van der Waals surface area contributed by atoms with Crippen LogP contribution in [0.15, 0.2) is 54.1 Å². The van der Waals surface area contributed by atoms with Crippen LogP contribution in [-0.2, 0) is 34.2 Å². The van der Waals surface area contributed by atoms with Crippen LogP contribution in [0.25, 0.3) is 0 Å². The summed E-state index contributed by atoms with van der Waals surface area (Å²) in [5.74, 6) is 3.99. The first-order chi connectivity index (χ1) is 26.9. The number of nitrogens with zero attached hydrogens (tertiary/aromatic N) is 1. The van der Waals surface area contributed by atoms with Crippen LogP contribution in [-0.4, -0.2) is 89.6 Å². The van der Waals surface area contributed by atoms with Crippen molar-refractivity contribution in [3.8, 4) is 11.8 Å². The van der Waals surface area contributed by atoms with Crippen LogP contribution < -0.4 is 34.7 Å². The Labute approximate surface area is 367 Å². The normalized spacial score (nSPS) is 24.6. The number of esters is 3. The Balaban J connectivity index is 0.00000870. The minimum Gasteiger partial charge on any atom is -0.851 e. The van der Waals surface area contributed by atoms with E-state index in [1.165, 1.54) is 0 Å². The number of aliphatic hydroxyl groups is 2. The minimum absolute atomic E-state index is 0. The number of benzene rings is 1. The molecule has 1 aromatic carbocycles. The largest absolute Gasteiger partial charge is 1.00 e. The van der Waals surface area contributed by atoms with Gasteiger partial charge >= 0.3 is 47.5 Å². The standard InChI is InChI=1S/C45H63ClNO9.Na/c1-5-31(3)43(52)55-40-29-37(49)27-33-20-19-32(4)39(42(33)40)22-21-36(48)28-38(50)30-41(51)56-45(34-15-9-7-10-16-34,35-17-11-8-12-18-35)44(53)54-26-14-13-24-47(6-2)25-23-46;/h7,9-10,15-16,19-20,27,31-32,35-40,42,48-49H,5-6,8,11-12,17-18,21-26,28-30H2,1-4H3;/q-1;+1/t31-,32-,36+,37+,38+,39-,40-,42-,45?;/m0./s1. The van der Waals surface area contributed by atoms with Gasteiger partial charge in [0.1, 0.15) is 6.10 Å². The molecule has 1 unspecified atom stereocenters. The van der Waals surface area contributed by atoms with Gasteiger partial charge in [-0.25, -0.2) is 4.79 Å². The van der Waals surface area contributed by atoms with Gasteiger partial charge in [0.05, 0.1) is 24.7 Å². The van der Waals surface area contributed by atoms with Crippen LogP contribution in [0.2, 0.25) is 0 Å². The van der Waals surface area contributed by atoms with Gasteiger partial charge < -0.3 is 29.5 Å². The second-order valence-corrected chi connectivity index (χ2v) is 16.2. The third kappa shape index (κ3) is 13.9. The number of hydrogen-bond donors (Lipinski definition) is 2. The molecule has 1 aromatic rings. The molecule has 0 aliphatic heterocycles. The first kappa shape index (κ1) is 49.2. The van der Waals surface area contributed by atoms with Crippen molar-refractivity contribution >= 4 is 29.5 Å². The second-order valence-electron chi connectivity index (χ2n) is 15.9. The van der Waals surface area contributed by atoms with Crippen molar-refractivity contribution in [2.45, 2.75) is 128 Å². The first-order valence-corrected chi connectivity index (χ1v) is 21.3. The zero-order chi connectivity index (χ0) is 40.7. The minimum atomic E-state index is -1.74. The van der Waals surface area contributed by atoms with Gasteiger partial charge in [0.2, 0.25) is 5.60 Å². The van der Waals surface area contributed by atoms with Crippen LogP contribution in [0, 0.1) is 41.4 Å². The van der Waals surface area contributed by atoms with Gasteiger partial charge in [-0.15, -0.1) is 17.7 Å². The van der Waals surface area contributed by atoms with E-state index in [2.05, 4.69) is 29.7 Å². The number of fused-ring (bicyclic) bond motifs is 1. The van der Waals surface area contributed by atoms with Gasteiger partial charge in [-0.1, -0.05) is 107 Å². The average molecular weight is 820 g/mol.